The van der Waals surface area contributed by atoms with Crippen LogP contribution >= 0.6 is 0 Å². The zero-order valence-corrected chi connectivity index (χ0v) is 8.34. The average molecular weight is 169 g/mol. The molecule has 2 heteroatoms. The topological polar surface area (TPSA) is 20.3 Å². The van der Waals surface area contributed by atoms with E-state index < -0.39 is 0 Å². The lowest BCUT2D eigenvalue weighted by Gasteiger charge is -2.37. The summed E-state index contributed by atoms with van der Waals surface area (Å²) in [7, 11) is 0. The third-order valence-corrected chi connectivity index (χ3v) is 2.96. The molecule has 0 aromatic rings. The third kappa shape index (κ3) is 1.99. The van der Waals surface area contributed by atoms with Crippen LogP contribution in [0.4, 0.5) is 0 Å². The molecule has 12 heavy (non-hydrogen) atoms. The number of likely N-dealkylation sites (tertiary alicyclic amines) is 1. The van der Waals surface area contributed by atoms with E-state index in [9.17, 15) is 4.79 Å². The molecule has 1 amide bonds. The Hall–Kier alpha value is -0.530. The lowest BCUT2D eigenvalue weighted by atomic mass is 9.91. The summed E-state index contributed by atoms with van der Waals surface area (Å²) in [6.45, 7) is 7.01. The van der Waals surface area contributed by atoms with Crippen molar-refractivity contribution in [1.82, 2.24) is 4.90 Å². The van der Waals surface area contributed by atoms with Gasteiger partial charge in [0, 0.05) is 19.5 Å². The molecule has 2 nitrogen and oxygen atoms in total. The molecule has 0 N–H and O–H groups in total. The fraction of sp³-hybridized carbons (Fsp3) is 0.900. The van der Waals surface area contributed by atoms with Crippen molar-refractivity contribution in [1.29, 1.82) is 0 Å². The predicted octanol–water partition coefficient (Wildman–Crippen LogP) is 2.04. The number of piperidine rings is 1. The summed E-state index contributed by atoms with van der Waals surface area (Å²) in [4.78, 5) is 13.2. The molecule has 70 valence electrons. The van der Waals surface area contributed by atoms with Gasteiger partial charge in [0.25, 0.3) is 0 Å². The number of amides is 1. The monoisotopic (exact) mass is 169 g/mol. The Balaban J connectivity index is 2.53. The molecule has 0 aliphatic carbocycles. The van der Waals surface area contributed by atoms with E-state index in [1.165, 1.54) is 19.3 Å². The molecule has 1 rings (SSSR count). The molecule has 0 aromatic carbocycles. The zero-order chi connectivity index (χ0) is 9.14. The molecule has 0 spiro atoms. The van der Waals surface area contributed by atoms with E-state index in [4.69, 9.17) is 0 Å². The first-order valence-corrected chi connectivity index (χ1v) is 4.92. The molecule has 0 radical (unpaired) electrons. The van der Waals surface area contributed by atoms with Gasteiger partial charge in [-0.1, -0.05) is 13.3 Å². The second-order valence-electron chi connectivity index (χ2n) is 3.87. The van der Waals surface area contributed by atoms with E-state index in [-0.39, 0.29) is 5.91 Å². The summed E-state index contributed by atoms with van der Waals surface area (Å²) < 4.78 is 0. The third-order valence-electron chi connectivity index (χ3n) is 2.96. The van der Waals surface area contributed by atoms with Crippen LogP contribution in [0.15, 0.2) is 0 Å². The molecule has 1 fully saturated rings. The molecular formula is C10H19NO. The lowest BCUT2D eigenvalue weighted by molar-refractivity contribution is -0.133. The Morgan fingerprint density at radius 3 is 2.67 bits per heavy atom. The number of carbonyl (C=O) groups excluding carboxylic acids is 1. The van der Waals surface area contributed by atoms with Crippen LogP contribution in [0.3, 0.4) is 0 Å². The summed E-state index contributed by atoms with van der Waals surface area (Å²) in [6.07, 6.45) is 3.68. The smallest absolute Gasteiger partial charge is 0.219 e. The van der Waals surface area contributed by atoms with Gasteiger partial charge in [0.15, 0.2) is 0 Å². The van der Waals surface area contributed by atoms with Crippen molar-refractivity contribution < 1.29 is 4.79 Å². The Morgan fingerprint density at radius 1 is 1.50 bits per heavy atom. The summed E-state index contributed by atoms with van der Waals surface area (Å²) in [5.74, 6) is 0.978. The fourth-order valence-corrected chi connectivity index (χ4v) is 1.95. The van der Waals surface area contributed by atoms with Gasteiger partial charge in [0.1, 0.15) is 0 Å². The second kappa shape index (κ2) is 3.92. The summed E-state index contributed by atoms with van der Waals surface area (Å²) in [5, 5.41) is 0. The highest BCUT2D eigenvalue weighted by Gasteiger charge is 2.25. The number of rotatable bonds is 1. The molecular weight excluding hydrogens is 150 g/mol. The molecule has 0 bridgehead atoms. The molecule has 2 atom stereocenters. The van der Waals surface area contributed by atoms with Crippen LogP contribution in [-0.4, -0.2) is 23.4 Å². The lowest BCUT2D eigenvalue weighted by Crippen LogP contribution is -2.44. The molecule has 1 aliphatic rings. The predicted molar refractivity (Wildman–Crippen MR) is 49.9 cm³/mol. The Bertz CT molecular complexity index is 167. The van der Waals surface area contributed by atoms with E-state index in [0.29, 0.717) is 6.04 Å². The number of hydrogen-bond donors (Lipinski definition) is 0. The van der Waals surface area contributed by atoms with Gasteiger partial charge in [-0.05, 0) is 25.7 Å². The zero-order valence-electron chi connectivity index (χ0n) is 8.34. The molecule has 0 unspecified atom stereocenters. The number of nitrogens with zero attached hydrogens (tertiary/aromatic N) is 1. The van der Waals surface area contributed by atoms with Gasteiger partial charge in [0.05, 0.1) is 0 Å². The van der Waals surface area contributed by atoms with Crippen LogP contribution in [0.2, 0.25) is 0 Å². The minimum absolute atomic E-state index is 0.237. The highest BCUT2D eigenvalue weighted by molar-refractivity contribution is 5.73. The summed E-state index contributed by atoms with van der Waals surface area (Å²) in [6, 6.07) is 0.463. The highest BCUT2D eigenvalue weighted by atomic mass is 16.2. The van der Waals surface area contributed by atoms with Gasteiger partial charge in [-0.2, -0.15) is 0 Å². The van der Waals surface area contributed by atoms with Crippen LogP contribution in [0.5, 0.6) is 0 Å². The molecule has 0 aromatic heterocycles. The van der Waals surface area contributed by atoms with E-state index in [0.717, 1.165) is 12.5 Å². The van der Waals surface area contributed by atoms with Crippen molar-refractivity contribution in [3.8, 4) is 0 Å². The Labute approximate surface area is 74.9 Å². The molecule has 1 heterocycles. The van der Waals surface area contributed by atoms with Gasteiger partial charge in [-0.25, -0.2) is 0 Å². The first kappa shape index (κ1) is 9.56. The van der Waals surface area contributed by atoms with E-state index in [1.54, 1.807) is 6.92 Å². The largest absolute Gasteiger partial charge is 0.340 e. The Morgan fingerprint density at radius 2 is 2.17 bits per heavy atom. The van der Waals surface area contributed by atoms with E-state index in [2.05, 4.69) is 13.8 Å². The first-order chi connectivity index (χ1) is 5.65. The van der Waals surface area contributed by atoms with Gasteiger partial charge in [0.2, 0.25) is 5.91 Å². The maximum Gasteiger partial charge on any atom is 0.219 e. The highest BCUT2D eigenvalue weighted by Crippen LogP contribution is 2.23. The van der Waals surface area contributed by atoms with Crippen LogP contribution < -0.4 is 0 Å². The quantitative estimate of drug-likeness (QED) is 0.588. The van der Waals surface area contributed by atoms with Gasteiger partial charge in [-0.3, -0.25) is 4.79 Å². The number of carbonyl (C=O) groups is 1. The maximum atomic E-state index is 11.2. The minimum Gasteiger partial charge on any atom is -0.340 e. The first-order valence-electron chi connectivity index (χ1n) is 4.92. The van der Waals surface area contributed by atoms with Crippen molar-refractivity contribution in [3.63, 3.8) is 0 Å². The van der Waals surface area contributed by atoms with Crippen LogP contribution in [0.1, 0.15) is 40.0 Å². The number of hydrogen-bond acceptors (Lipinski definition) is 1. The standard InChI is InChI=1S/C10H19NO/c1-4-10-6-5-8(2)11(7-10)9(3)12/h8,10H,4-7H2,1-3H3/t8-,10+/m0/s1. The van der Waals surface area contributed by atoms with Crippen LogP contribution in [-0.2, 0) is 4.79 Å². The minimum atomic E-state index is 0.237. The Kier molecular flexibility index (Phi) is 3.12. The van der Waals surface area contributed by atoms with E-state index >= 15 is 0 Å². The normalized spacial score (nSPS) is 30.4. The molecule has 1 saturated heterocycles. The summed E-state index contributed by atoms with van der Waals surface area (Å²) >= 11 is 0. The maximum absolute atomic E-state index is 11.2. The van der Waals surface area contributed by atoms with Crippen molar-refractivity contribution in [2.75, 3.05) is 6.54 Å². The van der Waals surface area contributed by atoms with Crippen LogP contribution in [0, 0.1) is 5.92 Å². The van der Waals surface area contributed by atoms with Crippen molar-refractivity contribution >= 4 is 5.91 Å². The molecule has 1 aliphatic heterocycles. The van der Waals surface area contributed by atoms with Crippen LogP contribution in [0.25, 0.3) is 0 Å². The summed E-state index contributed by atoms with van der Waals surface area (Å²) in [5.41, 5.74) is 0. The van der Waals surface area contributed by atoms with Crippen molar-refractivity contribution in [2.45, 2.75) is 46.1 Å². The molecule has 0 saturated carbocycles. The van der Waals surface area contributed by atoms with Gasteiger partial charge < -0.3 is 4.90 Å². The second-order valence-corrected chi connectivity index (χ2v) is 3.87. The van der Waals surface area contributed by atoms with Gasteiger partial charge in [-0.15, -0.1) is 0 Å². The fourth-order valence-electron chi connectivity index (χ4n) is 1.95. The SMILES string of the molecule is CC[C@@H]1CC[C@H](C)N(C(C)=O)C1. The van der Waals surface area contributed by atoms with E-state index in [1.807, 2.05) is 4.90 Å². The average Bonchev–Trinajstić information content (AvgIpc) is 2.05. The van der Waals surface area contributed by atoms with Gasteiger partial charge >= 0.3 is 0 Å². The van der Waals surface area contributed by atoms with Crippen molar-refractivity contribution in [2.24, 2.45) is 5.92 Å². The van der Waals surface area contributed by atoms with Crippen molar-refractivity contribution in [3.05, 3.63) is 0 Å².